The van der Waals surface area contributed by atoms with Crippen LogP contribution in [0.2, 0.25) is 0 Å². The van der Waals surface area contributed by atoms with Crippen LogP contribution in [0.5, 0.6) is 11.5 Å². The van der Waals surface area contributed by atoms with E-state index in [1.54, 1.807) is 14.2 Å². The molecule has 0 fully saturated rings. The van der Waals surface area contributed by atoms with Crippen LogP contribution in [0.3, 0.4) is 0 Å². The van der Waals surface area contributed by atoms with E-state index >= 15 is 0 Å². The van der Waals surface area contributed by atoms with Crippen molar-refractivity contribution in [2.45, 2.75) is 6.92 Å². The number of nitrogens with one attached hydrogen (secondary N) is 1. The van der Waals surface area contributed by atoms with E-state index in [2.05, 4.69) is 9.97 Å². The van der Waals surface area contributed by atoms with Gasteiger partial charge in [0.2, 0.25) is 0 Å². The van der Waals surface area contributed by atoms with Crippen molar-refractivity contribution in [1.29, 1.82) is 5.26 Å². The molecule has 2 aromatic rings. The number of nitrogens with zero attached hydrogens (tertiary/aromatic N) is 2. The highest BCUT2D eigenvalue weighted by atomic mass is 16.5. The van der Waals surface area contributed by atoms with Gasteiger partial charge in [0, 0.05) is 0 Å². The molecule has 2 rings (SSSR count). The number of hydrogen-bond acceptors (Lipinski definition) is 4. The summed E-state index contributed by atoms with van der Waals surface area (Å²) in [6.07, 6.45) is 1.49. The van der Waals surface area contributed by atoms with Crippen molar-refractivity contribution >= 4 is 0 Å². The zero-order valence-corrected chi connectivity index (χ0v) is 10.4. The fraction of sp³-hybridized carbons (Fsp3) is 0.231. The summed E-state index contributed by atoms with van der Waals surface area (Å²) in [5.74, 6) is 2.02. The molecular formula is C13H13N3O2. The normalized spacial score (nSPS) is 9.89. The van der Waals surface area contributed by atoms with E-state index in [9.17, 15) is 0 Å². The molecule has 5 nitrogen and oxygen atoms in total. The Bertz CT molecular complexity index is 611. The summed E-state index contributed by atoms with van der Waals surface area (Å²) in [7, 11) is 3.21. The topological polar surface area (TPSA) is 70.9 Å². The molecule has 0 aliphatic heterocycles. The molecule has 1 heterocycles. The quantitative estimate of drug-likeness (QED) is 0.897. The minimum atomic E-state index is 0.409. The number of H-pyrrole nitrogens is 1. The molecule has 0 saturated carbocycles. The molecule has 0 aliphatic carbocycles. The van der Waals surface area contributed by atoms with Crippen LogP contribution < -0.4 is 9.47 Å². The Hall–Kier alpha value is -2.48. The molecule has 0 amide bonds. The molecule has 0 saturated heterocycles. The first-order valence-corrected chi connectivity index (χ1v) is 5.37. The van der Waals surface area contributed by atoms with E-state index in [-0.39, 0.29) is 0 Å². The number of ether oxygens (including phenoxy) is 2. The Kier molecular flexibility index (Phi) is 3.20. The summed E-state index contributed by atoms with van der Waals surface area (Å²) in [5, 5.41) is 8.79. The van der Waals surface area contributed by atoms with Crippen LogP contribution in [0.4, 0.5) is 0 Å². The third-order valence-corrected chi connectivity index (χ3v) is 2.67. The maximum absolute atomic E-state index is 8.79. The molecule has 1 N–H and O–H groups in total. The van der Waals surface area contributed by atoms with Crippen LogP contribution in [0.1, 0.15) is 11.3 Å². The summed E-state index contributed by atoms with van der Waals surface area (Å²) in [6, 6.07) is 5.72. The van der Waals surface area contributed by atoms with Crippen molar-refractivity contribution in [2.24, 2.45) is 0 Å². The van der Waals surface area contributed by atoms with Crippen LogP contribution in [-0.4, -0.2) is 24.2 Å². The fourth-order valence-corrected chi connectivity index (χ4v) is 1.75. The van der Waals surface area contributed by atoms with Crippen LogP contribution in [-0.2, 0) is 0 Å². The van der Waals surface area contributed by atoms with Gasteiger partial charge in [-0.1, -0.05) is 0 Å². The van der Waals surface area contributed by atoms with Crippen LogP contribution in [0.25, 0.3) is 11.4 Å². The highest BCUT2D eigenvalue weighted by molar-refractivity contribution is 5.68. The third-order valence-electron chi connectivity index (χ3n) is 2.67. The van der Waals surface area contributed by atoms with Gasteiger partial charge in [-0.05, 0) is 24.6 Å². The second kappa shape index (κ2) is 4.80. The Morgan fingerprint density at radius 3 is 2.50 bits per heavy atom. The minimum absolute atomic E-state index is 0.409. The largest absolute Gasteiger partial charge is 0.496 e. The number of nitriles is 1. The smallest absolute Gasteiger partial charge is 0.142 e. The summed E-state index contributed by atoms with van der Waals surface area (Å²) in [6.45, 7) is 1.94. The summed E-state index contributed by atoms with van der Waals surface area (Å²) in [4.78, 5) is 7.07. The molecule has 1 aromatic heterocycles. The number of aromatic amines is 1. The van der Waals surface area contributed by atoms with Gasteiger partial charge in [0.25, 0.3) is 0 Å². The lowest BCUT2D eigenvalue weighted by molar-refractivity contribution is 0.401. The van der Waals surface area contributed by atoms with Crippen molar-refractivity contribution in [3.8, 4) is 29.0 Å². The monoisotopic (exact) mass is 243 g/mol. The molecule has 92 valence electrons. The molecular weight excluding hydrogens is 230 g/mol. The maximum Gasteiger partial charge on any atom is 0.142 e. The lowest BCUT2D eigenvalue weighted by Crippen LogP contribution is -1.94. The first-order chi connectivity index (χ1) is 8.69. The number of methoxy groups -OCH3 is 2. The number of hydrogen-bond donors (Lipinski definition) is 1. The van der Waals surface area contributed by atoms with Crippen LogP contribution >= 0.6 is 0 Å². The van der Waals surface area contributed by atoms with Crippen molar-refractivity contribution in [1.82, 2.24) is 9.97 Å². The van der Waals surface area contributed by atoms with Crippen molar-refractivity contribution in [2.75, 3.05) is 14.2 Å². The standard InChI is InChI=1S/C13H13N3O2/c1-8-4-12(18-3)10(5-11(8)17-2)13-15-7-9(6-14)16-13/h4-5,7H,1-3H3,(H,15,16). The fourth-order valence-electron chi connectivity index (χ4n) is 1.75. The van der Waals surface area contributed by atoms with E-state index in [1.165, 1.54) is 6.20 Å². The predicted molar refractivity (Wildman–Crippen MR) is 66.6 cm³/mol. The van der Waals surface area contributed by atoms with Gasteiger partial charge in [-0.25, -0.2) is 4.98 Å². The van der Waals surface area contributed by atoms with Crippen LogP contribution in [0, 0.1) is 18.3 Å². The number of aromatic nitrogens is 2. The lowest BCUT2D eigenvalue weighted by atomic mass is 10.1. The first-order valence-electron chi connectivity index (χ1n) is 5.37. The van der Waals surface area contributed by atoms with Gasteiger partial charge >= 0.3 is 0 Å². The molecule has 18 heavy (non-hydrogen) atoms. The molecule has 0 aliphatic rings. The summed E-state index contributed by atoms with van der Waals surface area (Å²) >= 11 is 0. The molecule has 5 heteroatoms. The highest BCUT2D eigenvalue weighted by Gasteiger charge is 2.13. The van der Waals surface area contributed by atoms with Gasteiger partial charge in [-0.15, -0.1) is 0 Å². The molecule has 0 radical (unpaired) electrons. The molecule has 0 atom stereocenters. The average molecular weight is 243 g/mol. The Balaban J connectivity index is 2.58. The lowest BCUT2D eigenvalue weighted by Gasteiger charge is -2.11. The zero-order valence-electron chi connectivity index (χ0n) is 10.4. The van der Waals surface area contributed by atoms with Gasteiger partial charge in [0.15, 0.2) is 0 Å². The van der Waals surface area contributed by atoms with Gasteiger partial charge < -0.3 is 14.5 Å². The van der Waals surface area contributed by atoms with Gasteiger partial charge in [-0.3, -0.25) is 0 Å². The van der Waals surface area contributed by atoms with Crippen molar-refractivity contribution in [3.05, 3.63) is 29.6 Å². The Morgan fingerprint density at radius 2 is 1.94 bits per heavy atom. The van der Waals surface area contributed by atoms with E-state index in [0.717, 1.165) is 16.9 Å². The molecule has 0 spiro atoms. The highest BCUT2D eigenvalue weighted by Crippen LogP contribution is 2.34. The van der Waals surface area contributed by atoms with E-state index in [4.69, 9.17) is 14.7 Å². The first kappa shape index (κ1) is 12.0. The number of rotatable bonds is 3. The van der Waals surface area contributed by atoms with E-state index < -0.39 is 0 Å². The van der Waals surface area contributed by atoms with E-state index in [1.807, 2.05) is 25.1 Å². The van der Waals surface area contributed by atoms with Crippen molar-refractivity contribution < 1.29 is 9.47 Å². The van der Waals surface area contributed by atoms with Gasteiger partial charge in [0.05, 0.1) is 26.0 Å². The SMILES string of the molecule is COc1cc(-c2ncc(C#N)[nH]2)c(OC)cc1C. The second-order valence-electron chi connectivity index (χ2n) is 3.78. The maximum atomic E-state index is 8.79. The number of aryl methyl sites for hydroxylation is 1. The van der Waals surface area contributed by atoms with E-state index in [0.29, 0.717) is 17.3 Å². The summed E-state index contributed by atoms with van der Waals surface area (Å²) < 4.78 is 10.6. The van der Waals surface area contributed by atoms with Gasteiger partial charge in [-0.2, -0.15) is 5.26 Å². The van der Waals surface area contributed by atoms with Crippen LogP contribution in [0.15, 0.2) is 18.3 Å². The average Bonchev–Trinajstić information content (AvgIpc) is 2.87. The zero-order chi connectivity index (χ0) is 13.1. The minimum Gasteiger partial charge on any atom is -0.496 e. The van der Waals surface area contributed by atoms with Crippen molar-refractivity contribution in [3.63, 3.8) is 0 Å². The Morgan fingerprint density at radius 1 is 1.22 bits per heavy atom. The van der Waals surface area contributed by atoms with Gasteiger partial charge in [0.1, 0.15) is 29.1 Å². The third kappa shape index (κ3) is 2.00. The summed E-state index contributed by atoms with van der Waals surface area (Å²) in [5.41, 5.74) is 2.15. The molecule has 0 bridgehead atoms. The molecule has 0 unspecified atom stereocenters. The number of imidazole rings is 1. The second-order valence-corrected chi connectivity index (χ2v) is 3.78. The molecule has 1 aromatic carbocycles. The Labute approximate surface area is 105 Å². The number of benzene rings is 1. The predicted octanol–water partition coefficient (Wildman–Crippen LogP) is 2.27.